The summed E-state index contributed by atoms with van der Waals surface area (Å²) in [6.07, 6.45) is 2.45. The Morgan fingerprint density at radius 1 is 1.14 bits per heavy atom. The monoisotopic (exact) mass is 493 g/mol. The Morgan fingerprint density at radius 3 is 2.54 bits per heavy atom. The summed E-state index contributed by atoms with van der Waals surface area (Å²) in [5, 5.41) is 3.57. The first-order valence-electron chi connectivity index (χ1n) is 9.81. The number of benzene rings is 2. The third-order valence-electron chi connectivity index (χ3n) is 5.21. The molecule has 1 aliphatic heterocycles. The normalized spacial score (nSPS) is 19.6. The third-order valence-corrected chi connectivity index (χ3v) is 5.21. The maximum atomic E-state index is 6.15. The summed E-state index contributed by atoms with van der Waals surface area (Å²) in [4.78, 5) is 6.64. The Balaban J connectivity index is 0.00000280. The second-order valence-electron chi connectivity index (χ2n) is 7.37. The summed E-state index contributed by atoms with van der Waals surface area (Å²) in [6.45, 7) is 4.67. The number of aryl methyl sites for hydroxylation is 1. The van der Waals surface area contributed by atoms with Crippen molar-refractivity contribution in [3.8, 4) is 0 Å². The molecule has 0 bridgehead atoms. The highest BCUT2D eigenvalue weighted by Crippen LogP contribution is 2.33. The van der Waals surface area contributed by atoms with Crippen LogP contribution in [0, 0.1) is 12.8 Å². The molecule has 152 valence electrons. The second kappa shape index (κ2) is 11.4. The molecule has 2 atom stereocenters. The van der Waals surface area contributed by atoms with Crippen molar-refractivity contribution in [2.24, 2.45) is 10.9 Å². The fourth-order valence-corrected chi connectivity index (χ4v) is 3.72. The van der Waals surface area contributed by atoms with Crippen LogP contribution in [0.15, 0.2) is 59.6 Å². The fraction of sp³-hybridized carbons (Fsp3) is 0.435. The highest BCUT2D eigenvalue weighted by Gasteiger charge is 2.27. The number of guanidine groups is 1. The lowest BCUT2D eigenvalue weighted by Gasteiger charge is -2.33. The molecule has 1 saturated heterocycles. The van der Waals surface area contributed by atoms with Crippen LogP contribution >= 0.6 is 24.0 Å². The zero-order valence-corrected chi connectivity index (χ0v) is 19.4. The highest BCUT2D eigenvalue weighted by atomic mass is 127. The smallest absolute Gasteiger partial charge is 0.193 e. The van der Waals surface area contributed by atoms with Gasteiger partial charge < -0.3 is 15.0 Å². The molecule has 28 heavy (non-hydrogen) atoms. The SMILES string of the molecule is CN=C(NCC1CCCOC1c1ccc(C)cc1)N(C)Cc1ccccc1.I. The molecule has 1 N–H and O–H groups in total. The average Bonchev–Trinajstić information content (AvgIpc) is 2.70. The number of hydrogen-bond donors (Lipinski definition) is 1. The van der Waals surface area contributed by atoms with Crippen molar-refractivity contribution < 1.29 is 4.74 Å². The molecule has 3 rings (SSSR count). The van der Waals surface area contributed by atoms with E-state index in [1.54, 1.807) is 0 Å². The molecule has 2 aromatic rings. The third kappa shape index (κ3) is 6.21. The fourth-order valence-electron chi connectivity index (χ4n) is 3.72. The number of aliphatic imine (C=N–C) groups is 1. The van der Waals surface area contributed by atoms with Crippen LogP contribution in [0.5, 0.6) is 0 Å². The van der Waals surface area contributed by atoms with E-state index in [4.69, 9.17) is 4.74 Å². The number of halogens is 1. The summed E-state index contributed by atoms with van der Waals surface area (Å²) >= 11 is 0. The number of hydrogen-bond acceptors (Lipinski definition) is 2. The van der Waals surface area contributed by atoms with E-state index in [1.165, 1.54) is 23.1 Å². The van der Waals surface area contributed by atoms with Crippen LogP contribution in [0.1, 0.15) is 35.6 Å². The highest BCUT2D eigenvalue weighted by molar-refractivity contribution is 14.0. The van der Waals surface area contributed by atoms with Gasteiger partial charge in [-0.1, -0.05) is 60.2 Å². The topological polar surface area (TPSA) is 36.9 Å². The Labute approximate surface area is 186 Å². The maximum Gasteiger partial charge on any atom is 0.193 e. The summed E-state index contributed by atoms with van der Waals surface area (Å²) in [5.41, 5.74) is 3.84. The molecule has 1 heterocycles. The van der Waals surface area contributed by atoms with E-state index < -0.39 is 0 Å². The molecule has 1 fully saturated rings. The number of rotatable bonds is 5. The molecule has 2 aromatic carbocycles. The molecule has 0 radical (unpaired) electrons. The van der Waals surface area contributed by atoms with Crippen molar-refractivity contribution in [3.05, 3.63) is 71.3 Å². The van der Waals surface area contributed by atoms with Gasteiger partial charge in [-0.05, 0) is 30.9 Å². The van der Waals surface area contributed by atoms with E-state index in [0.717, 1.165) is 32.1 Å². The van der Waals surface area contributed by atoms with Crippen molar-refractivity contribution in [2.45, 2.75) is 32.4 Å². The second-order valence-corrected chi connectivity index (χ2v) is 7.37. The minimum Gasteiger partial charge on any atom is -0.373 e. The minimum absolute atomic E-state index is 0. The first kappa shape index (κ1) is 22.7. The Hall–Kier alpha value is -1.60. The maximum absolute atomic E-state index is 6.15. The summed E-state index contributed by atoms with van der Waals surface area (Å²) in [6, 6.07) is 19.2. The lowest BCUT2D eigenvalue weighted by molar-refractivity contribution is -0.0266. The molecule has 0 amide bonds. The predicted octanol–water partition coefficient (Wildman–Crippen LogP) is 4.79. The lowest BCUT2D eigenvalue weighted by atomic mass is 9.89. The van der Waals surface area contributed by atoms with E-state index in [9.17, 15) is 0 Å². The van der Waals surface area contributed by atoms with Gasteiger partial charge in [0.05, 0.1) is 6.10 Å². The van der Waals surface area contributed by atoms with Gasteiger partial charge in [-0.25, -0.2) is 0 Å². The molecular formula is C23H32IN3O. The summed E-state index contributed by atoms with van der Waals surface area (Å²) < 4.78 is 6.15. The average molecular weight is 493 g/mol. The van der Waals surface area contributed by atoms with Crippen LogP contribution in [0.4, 0.5) is 0 Å². The zero-order valence-electron chi connectivity index (χ0n) is 17.1. The van der Waals surface area contributed by atoms with Crippen molar-refractivity contribution in [3.63, 3.8) is 0 Å². The van der Waals surface area contributed by atoms with Crippen LogP contribution in [0.25, 0.3) is 0 Å². The van der Waals surface area contributed by atoms with Gasteiger partial charge in [0, 0.05) is 39.7 Å². The van der Waals surface area contributed by atoms with Gasteiger partial charge in [-0.2, -0.15) is 0 Å². The molecule has 4 nitrogen and oxygen atoms in total. The first-order chi connectivity index (χ1) is 13.2. The van der Waals surface area contributed by atoms with Crippen molar-refractivity contribution in [1.29, 1.82) is 0 Å². The molecule has 0 spiro atoms. The molecule has 0 aromatic heterocycles. The van der Waals surface area contributed by atoms with Gasteiger partial charge in [-0.3, -0.25) is 4.99 Å². The number of nitrogens with one attached hydrogen (secondary N) is 1. The van der Waals surface area contributed by atoms with Gasteiger partial charge in [0.25, 0.3) is 0 Å². The molecular weight excluding hydrogens is 461 g/mol. The van der Waals surface area contributed by atoms with E-state index >= 15 is 0 Å². The Kier molecular flexibility index (Phi) is 9.25. The lowest BCUT2D eigenvalue weighted by Crippen LogP contribution is -2.42. The van der Waals surface area contributed by atoms with Crippen LogP contribution in [0.2, 0.25) is 0 Å². The van der Waals surface area contributed by atoms with E-state index in [1.807, 2.05) is 13.1 Å². The standard InChI is InChI=1S/C23H31N3O.HI/c1-18-11-13-20(14-12-18)22-21(10-7-15-27-22)16-25-23(24-2)26(3)17-19-8-5-4-6-9-19;/h4-6,8-9,11-14,21-22H,7,10,15-17H2,1-3H3,(H,24,25);1H. The van der Waals surface area contributed by atoms with Crippen LogP contribution in [-0.4, -0.2) is 38.1 Å². The minimum atomic E-state index is 0. The number of ether oxygens (including phenoxy) is 1. The van der Waals surface area contributed by atoms with Crippen LogP contribution in [0.3, 0.4) is 0 Å². The van der Waals surface area contributed by atoms with E-state index in [0.29, 0.717) is 5.92 Å². The molecule has 5 heteroatoms. The first-order valence-corrected chi connectivity index (χ1v) is 9.81. The van der Waals surface area contributed by atoms with Gasteiger partial charge in [0.15, 0.2) is 5.96 Å². The molecule has 0 saturated carbocycles. The predicted molar refractivity (Wildman–Crippen MR) is 127 cm³/mol. The van der Waals surface area contributed by atoms with Crippen LogP contribution < -0.4 is 5.32 Å². The molecule has 0 aliphatic carbocycles. The Bertz CT molecular complexity index is 733. The van der Waals surface area contributed by atoms with Gasteiger partial charge in [0.1, 0.15) is 0 Å². The van der Waals surface area contributed by atoms with Crippen molar-refractivity contribution in [1.82, 2.24) is 10.2 Å². The van der Waals surface area contributed by atoms with E-state index in [-0.39, 0.29) is 30.1 Å². The largest absolute Gasteiger partial charge is 0.373 e. The summed E-state index contributed by atoms with van der Waals surface area (Å²) in [5.74, 6) is 1.37. The van der Waals surface area contributed by atoms with E-state index in [2.05, 4.69) is 77.7 Å². The van der Waals surface area contributed by atoms with Gasteiger partial charge in [0.2, 0.25) is 0 Å². The van der Waals surface area contributed by atoms with Crippen LogP contribution in [-0.2, 0) is 11.3 Å². The molecule has 2 unspecified atom stereocenters. The van der Waals surface area contributed by atoms with Crippen molar-refractivity contribution in [2.75, 3.05) is 27.2 Å². The molecule has 1 aliphatic rings. The summed E-state index contributed by atoms with van der Waals surface area (Å²) in [7, 11) is 3.93. The number of nitrogens with zero attached hydrogens (tertiary/aromatic N) is 2. The van der Waals surface area contributed by atoms with Gasteiger partial charge in [-0.15, -0.1) is 24.0 Å². The zero-order chi connectivity index (χ0) is 19.1. The van der Waals surface area contributed by atoms with Crippen molar-refractivity contribution >= 4 is 29.9 Å². The van der Waals surface area contributed by atoms with Gasteiger partial charge >= 0.3 is 0 Å². The Morgan fingerprint density at radius 2 is 1.86 bits per heavy atom. The quantitative estimate of drug-likeness (QED) is 0.370.